The van der Waals surface area contributed by atoms with Crippen molar-refractivity contribution in [3.05, 3.63) is 28.2 Å². The molecule has 4 nitrogen and oxygen atoms in total. The molecule has 0 aliphatic rings. The van der Waals surface area contributed by atoms with Crippen LogP contribution >= 0.6 is 0 Å². The smallest absolute Gasteiger partial charge is 0.423 e. The first-order valence-electron chi connectivity index (χ1n) is 3.49. The van der Waals surface area contributed by atoms with Gasteiger partial charge in [0.25, 0.3) is 0 Å². The highest BCUT2D eigenvalue weighted by Crippen LogP contribution is 2.25. The van der Waals surface area contributed by atoms with E-state index in [1.807, 2.05) is 0 Å². The lowest BCUT2D eigenvalue weighted by Gasteiger charge is -2.10. The van der Waals surface area contributed by atoms with E-state index in [0.717, 1.165) is 6.07 Å². The molecule has 0 unspecified atom stereocenters. The quantitative estimate of drug-likeness (QED) is 0.521. The molecule has 0 amide bonds. The van der Waals surface area contributed by atoms with Crippen molar-refractivity contribution >= 4 is 12.6 Å². The highest BCUT2D eigenvalue weighted by atomic mass is 19.4. The SMILES string of the molecule is O=c1ccc(B(O)O)c(C(F)(F)F)[nH]1. The first-order chi connectivity index (χ1) is 6.32. The second kappa shape index (κ2) is 3.47. The van der Waals surface area contributed by atoms with E-state index in [0.29, 0.717) is 6.07 Å². The van der Waals surface area contributed by atoms with Crippen LogP contribution in [0.25, 0.3) is 0 Å². The Hall–Kier alpha value is -1.28. The minimum Gasteiger partial charge on any atom is -0.423 e. The van der Waals surface area contributed by atoms with Gasteiger partial charge in [-0.25, -0.2) is 0 Å². The summed E-state index contributed by atoms with van der Waals surface area (Å²) in [7, 11) is -2.27. The molecule has 0 saturated heterocycles. The highest BCUT2D eigenvalue weighted by Gasteiger charge is 2.37. The Morgan fingerprint density at radius 3 is 2.29 bits per heavy atom. The van der Waals surface area contributed by atoms with Gasteiger partial charge in [-0.2, -0.15) is 13.2 Å². The average Bonchev–Trinajstić information content (AvgIpc) is 2.01. The fourth-order valence-corrected chi connectivity index (χ4v) is 0.936. The van der Waals surface area contributed by atoms with Gasteiger partial charge in [-0.05, 0) is 0 Å². The van der Waals surface area contributed by atoms with Crippen molar-refractivity contribution in [3.8, 4) is 0 Å². The highest BCUT2D eigenvalue weighted by molar-refractivity contribution is 6.59. The van der Waals surface area contributed by atoms with Gasteiger partial charge in [-0.1, -0.05) is 6.07 Å². The van der Waals surface area contributed by atoms with Gasteiger partial charge < -0.3 is 15.0 Å². The molecule has 0 radical (unpaired) electrons. The van der Waals surface area contributed by atoms with Gasteiger partial charge in [0.15, 0.2) is 0 Å². The van der Waals surface area contributed by atoms with Gasteiger partial charge in [0.1, 0.15) is 5.69 Å². The molecule has 1 aromatic heterocycles. The number of aromatic amines is 1. The molecule has 76 valence electrons. The van der Waals surface area contributed by atoms with Crippen LogP contribution in [0.15, 0.2) is 16.9 Å². The molecule has 1 aromatic rings. The van der Waals surface area contributed by atoms with E-state index in [2.05, 4.69) is 0 Å². The normalized spacial score (nSPS) is 11.5. The van der Waals surface area contributed by atoms with E-state index >= 15 is 0 Å². The second-order valence-corrected chi connectivity index (χ2v) is 2.52. The predicted octanol–water partition coefficient (Wildman–Crippen LogP) is -0.926. The summed E-state index contributed by atoms with van der Waals surface area (Å²) in [5.74, 6) is 0. The predicted molar refractivity (Wildman–Crippen MR) is 41.9 cm³/mol. The van der Waals surface area contributed by atoms with Crippen molar-refractivity contribution in [3.63, 3.8) is 0 Å². The van der Waals surface area contributed by atoms with Crippen molar-refractivity contribution in [1.82, 2.24) is 4.98 Å². The number of rotatable bonds is 1. The van der Waals surface area contributed by atoms with Crippen molar-refractivity contribution < 1.29 is 23.2 Å². The van der Waals surface area contributed by atoms with Crippen LogP contribution in [0.1, 0.15) is 5.69 Å². The summed E-state index contributed by atoms with van der Waals surface area (Å²) in [6, 6.07) is 1.50. The summed E-state index contributed by atoms with van der Waals surface area (Å²) in [6.07, 6.45) is -4.82. The van der Waals surface area contributed by atoms with Crippen molar-refractivity contribution in [1.29, 1.82) is 0 Å². The molecule has 1 rings (SSSR count). The fraction of sp³-hybridized carbons (Fsp3) is 0.167. The minimum atomic E-state index is -4.82. The van der Waals surface area contributed by atoms with Gasteiger partial charge in [0, 0.05) is 11.5 Å². The van der Waals surface area contributed by atoms with Gasteiger partial charge in [0.05, 0.1) is 0 Å². The summed E-state index contributed by atoms with van der Waals surface area (Å²) in [4.78, 5) is 12.1. The first kappa shape index (κ1) is 10.8. The summed E-state index contributed by atoms with van der Waals surface area (Å²) in [6.45, 7) is 0. The summed E-state index contributed by atoms with van der Waals surface area (Å²) in [5.41, 5.74) is -3.18. The maximum Gasteiger partial charge on any atom is 0.490 e. The molecule has 1 heterocycles. The third-order valence-electron chi connectivity index (χ3n) is 1.51. The van der Waals surface area contributed by atoms with Gasteiger partial charge >= 0.3 is 13.3 Å². The average molecular weight is 207 g/mol. The Morgan fingerprint density at radius 1 is 1.29 bits per heavy atom. The van der Waals surface area contributed by atoms with Gasteiger partial charge in [0.2, 0.25) is 5.56 Å². The Bertz CT molecular complexity index is 387. The zero-order valence-corrected chi connectivity index (χ0v) is 6.67. The zero-order valence-electron chi connectivity index (χ0n) is 6.67. The molecule has 0 bridgehead atoms. The van der Waals surface area contributed by atoms with E-state index in [9.17, 15) is 18.0 Å². The molecule has 8 heteroatoms. The number of halogens is 3. The third-order valence-corrected chi connectivity index (χ3v) is 1.51. The molecule has 0 aromatic carbocycles. The lowest BCUT2D eigenvalue weighted by molar-refractivity contribution is -0.140. The van der Waals surface area contributed by atoms with Crippen LogP contribution in [0.4, 0.5) is 13.2 Å². The molecular weight excluding hydrogens is 202 g/mol. The van der Waals surface area contributed by atoms with E-state index in [1.165, 1.54) is 4.98 Å². The molecule has 0 saturated carbocycles. The second-order valence-electron chi connectivity index (χ2n) is 2.52. The first-order valence-corrected chi connectivity index (χ1v) is 3.49. The Kier molecular flexibility index (Phi) is 2.67. The number of alkyl halides is 3. The van der Waals surface area contributed by atoms with Crippen LogP contribution in [0.2, 0.25) is 0 Å². The molecule has 0 aliphatic heterocycles. The summed E-state index contributed by atoms with van der Waals surface area (Å²) < 4.78 is 36.6. The molecule has 0 fully saturated rings. The number of H-pyrrole nitrogens is 1. The largest absolute Gasteiger partial charge is 0.490 e. The van der Waals surface area contributed by atoms with Crippen molar-refractivity contribution in [2.24, 2.45) is 0 Å². The molecular formula is C6H5BF3NO3. The van der Waals surface area contributed by atoms with Crippen LogP contribution < -0.4 is 11.0 Å². The standard InChI is InChI=1S/C6H5BF3NO3/c8-6(9,10)5-3(7(13)14)1-2-4(12)11-5/h1-2,13-14H,(H,11,12). The molecule has 14 heavy (non-hydrogen) atoms. The maximum absolute atomic E-state index is 12.2. The minimum absolute atomic E-state index is 0.715. The van der Waals surface area contributed by atoms with Crippen molar-refractivity contribution in [2.75, 3.05) is 0 Å². The lowest BCUT2D eigenvalue weighted by atomic mass is 9.79. The van der Waals surface area contributed by atoms with Gasteiger partial charge in [-0.3, -0.25) is 4.79 Å². The number of pyridine rings is 1. The van der Waals surface area contributed by atoms with E-state index < -0.39 is 30.0 Å². The molecule has 0 aliphatic carbocycles. The van der Waals surface area contributed by atoms with Crippen molar-refractivity contribution in [2.45, 2.75) is 6.18 Å². The van der Waals surface area contributed by atoms with E-state index in [4.69, 9.17) is 10.0 Å². The van der Waals surface area contributed by atoms with E-state index in [-0.39, 0.29) is 0 Å². The maximum atomic E-state index is 12.2. The van der Waals surface area contributed by atoms with Crippen LogP contribution in [0.3, 0.4) is 0 Å². The summed E-state index contributed by atoms with van der Waals surface area (Å²) >= 11 is 0. The van der Waals surface area contributed by atoms with Gasteiger partial charge in [-0.15, -0.1) is 0 Å². The summed E-state index contributed by atoms with van der Waals surface area (Å²) in [5, 5.41) is 17.2. The number of hydrogen-bond acceptors (Lipinski definition) is 3. The lowest BCUT2D eigenvalue weighted by Crippen LogP contribution is -2.39. The van der Waals surface area contributed by atoms with Crippen LogP contribution in [-0.2, 0) is 6.18 Å². The topological polar surface area (TPSA) is 73.3 Å². The fourth-order valence-electron chi connectivity index (χ4n) is 0.936. The van der Waals surface area contributed by atoms with Crippen LogP contribution in [0, 0.1) is 0 Å². The Balaban J connectivity index is 3.38. The molecule has 0 atom stereocenters. The van der Waals surface area contributed by atoms with Crippen LogP contribution in [-0.4, -0.2) is 22.2 Å². The van der Waals surface area contributed by atoms with Crippen LogP contribution in [0.5, 0.6) is 0 Å². The van der Waals surface area contributed by atoms with E-state index in [1.54, 1.807) is 0 Å². The Labute approximate surface area is 76.2 Å². The third kappa shape index (κ3) is 2.15. The molecule has 3 N–H and O–H groups in total. The number of nitrogens with one attached hydrogen (secondary N) is 1. The zero-order chi connectivity index (χ0) is 10.9. The molecule has 0 spiro atoms. The Morgan fingerprint density at radius 2 is 1.86 bits per heavy atom. The number of aromatic nitrogens is 1. The monoisotopic (exact) mass is 207 g/mol. The number of hydrogen-bond donors (Lipinski definition) is 3.